The summed E-state index contributed by atoms with van der Waals surface area (Å²) in [5, 5.41) is 4.92. The summed E-state index contributed by atoms with van der Waals surface area (Å²) in [4.78, 5) is 2.48. The fourth-order valence-electron chi connectivity index (χ4n) is 11.0. The molecule has 0 fully saturated rings. The standard InChI is InChI=1S/C63H41NO/c1-2-18-42(19-3-1)48-22-6-7-23-50(48)51-24-8-9-25-52(51)55-27-11-15-31-60(55)64(45-36-38-49-44(40-45)35-34-43-20-4-5-21-47(43)49)46-37-39-54-53-26-10-12-28-56(53)63(59(54)41-46)57-29-13-16-32-61(57)65-62-33-17-14-30-58(62)63/h1-41H. The Hall–Kier alpha value is -8.46. The Morgan fingerprint density at radius 3 is 1.54 bits per heavy atom. The van der Waals surface area contributed by atoms with Crippen molar-refractivity contribution >= 4 is 38.6 Å². The highest BCUT2D eigenvalue weighted by Gasteiger charge is 2.51. The molecule has 1 heterocycles. The van der Waals surface area contributed by atoms with Crippen LogP contribution >= 0.6 is 0 Å². The quantitative estimate of drug-likeness (QED) is 0.155. The molecule has 0 amide bonds. The fraction of sp³-hybridized carbons (Fsp3) is 0.0159. The first-order chi connectivity index (χ1) is 32.3. The van der Waals surface area contributed by atoms with Gasteiger partial charge in [0.15, 0.2) is 0 Å². The molecule has 1 aliphatic carbocycles. The molecular weight excluding hydrogens is 787 g/mol. The number of anilines is 3. The van der Waals surface area contributed by atoms with Crippen molar-refractivity contribution in [3.8, 4) is 56.0 Å². The van der Waals surface area contributed by atoms with E-state index in [-0.39, 0.29) is 0 Å². The molecule has 2 heteroatoms. The van der Waals surface area contributed by atoms with Crippen LogP contribution in [0.2, 0.25) is 0 Å². The number of ether oxygens (including phenoxy) is 1. The first-order valence-corrected chi connectivity index (χ1v) is 22.4. The average molecular weight is 828 g/mol. The summed E-state index contributed by atoms with van der Waals surface area (Å²) in [7, 11) is 0. The van der Waals surface area contributed by atoms with Gasteiger partial charge in [-0.1, -0.05) is 206 Å². The molecule has 1 aliphatic heterocycles. The van der Waals surface area contributed by atoms with Crippen LogP contribution in [0.15, 0.2) is 249 Å². The molecule has 11 aromatic carbocycles. The number of nitrogens with zero attached hydrogens (tertiary/aromatic N) is 1. The molecule has 13 rings (SSSR count). The average Bonchev–Trinajstić information content (AvgIpc) is 3.66. The van der Waals surface area contributed by atoms with Crippen LogP contribution in [0, 0.1) is 0 Å². The maximum Gasteiger partial charge on any atom is 0.132 e. The Balaban J connectivity index is 1.08. The van der Waals surface area contributed by atoms with Gasteiger partial charge in [-0.3, -0.25) is 0 Å². The van der Waals surface area contributed by atoms with E-state index in [1.165, 1.54) is 71.6 Å². The van der Waals surface area contributed by atoms with Crippen LogP contribution in [0.3, 0.4) is 0 Å². The van der Waals surface area contributed by atoms with E-state index in [2.05, 4.69) is 254 Å². The van der Waals surface area contributed by atoms with E-state index in [4.69, 9.17) is 4.74 Å². The third-order valence-corrected chi connectivity index (χ3v) is 13.7. The first-order valence-electron chi connectivity index (χ1n) is 22.4. The second-order valence-electron chi connectivity index (χ2n) is 17.1. The molecule has 65 heavy (non-hydrogen) atoms. The van der Waals surface area contributed by atoms with E-state index >= 15 is 0 Å². The van der Waals surface area contributed by atoms with Gasteiger partial charge in [-0.05, 0) is 114 Å². The van der Waals surface area contributed by atoms with Crippen molar-refractivity contribution in [1.29, 1.82) is 0 Å². The number of hydrogen-bond acceptors (Lipinski definition) is 2. The van der Waals surface area contributed by atoms with Crippen LogP contribution in [0.5, 0.6) is 11.5 Å². The molecule has 0 saturated heterocycles. The predicted octanol–water partition coefficient (Wildman–Crippen LogP) is 16.9. The van der Waals surface area contributed by atoms with Gasteiger partial charge in [-0.25, -0.2) is 0 Å². The highest BCUT2D eigenvalue weighted by molar-refractivity contribution is 6.09. The lowest BCUT2D eigenvalue weighted by Crippen LogP contribution is -2.32. The number of benzene rings is 11. The zero-order valence-corrected chi connectivity index (χ0v) is 35.5. The van der Waals surface area contributed by atoms with Crippen molar-refractivity contribution in [3.05, 3.63) is 271 Å². The summed E-state index contributed by atoms with van der Waals surface area (Å²) in [5.74, 6) is 1.77. The Bertz CT molecular complexity index is 3620. The second kappa shape index (κ2) is 14.8. The molecule has 11 aromatic rings. The van der Waals surface area contributed by atoms with E-state index in [1.54, 1.807) is 0 Å². The molecule has 2 aliphatic rings. The Morgan fingerprint density at radius 1 is 0.292 bits per heavy atom. The van der Waals surface area contributed by atoms with Gasteiger partial charge in [0.05, 0.1) is 11.1 Å². The van der Waals surface area contributed by atoms with Gasteiger partial charge in [0.2, 0.25) is 0 Å². The minimum atomic E-state index is -0.603. The summed E-state index contributed by atoms with van der Waals surface area (Å²) in [5.41, 5.74) is 17.0. The second-order valence-corrected chi connectivity index (χ2v) is 17.1. The van der Waals surface area contributed by atoms with E-state index in [0.717, 1.165) is 45.3 Å². The van der Waals surface area contributed by atoms with Crippen molar-refractivity contribution in [2.24, 2.45) is 0 Å². The maximum absolute atomic E-state index is 6.72. The monoisotopic (exact) mass is 827 g/mol. The van der Waals surface area contributed by atoms with Crippen LogP contribution < -0.4 is 9.64 Å². The van der Waals surface area contributed by atoms with Crippen LogP contribution in [0.25, 0.3) is 66.1 Å². The molecule has 304 valence electrons. The van der Waals surface area contributed by atoms with Gasteiger partial charge >= 0.3 is 0 Å². The van der Waals surface area contributed by atoms with E-state index in [0.29, 0.717) is 0 Å². The maximum atomic E-state index is 6.72. The highest BCUT2D eigenvalue weighted by atomic mass is 16.5. The SMILES string of the molecule is c1ccc(-c2ccccc2-c2ccccc2-c2ccccc2N(c2ccc3c(c2)C2(c4ccccc4Oc4ccccc42)c2ccccc2-3)c2ccc3c(ccc4ccccc43)c2)cc1. The van der Waals surface area contributed by atoms with Crippen LogP contribution in [0.4, 0.5) is 17.1 Å². The van der Waals surface area contributed by atoms with Gasteiger partial charge in [0.1, 0.15) is 11.5 Å². The Morgan fingerprint density at radius 2 is 0.785 bits per heavy atom. The number of fused-ring (bicyclic) bond motifs is 12. The van der Waals surface area contributed by atoms with Gasteiger partial charge in [-0.15, -0.1) is 0 Å². The molecule has 1 spiro atoms. The Kier molecular flexibility index (Phi) is 8.47. The van der Waals surface area contributed by atoms with Gasteiger partial charge < -0.3 is 9.64 Å². The summed E-state index contributed by atoms with van der Waals surface area (Å²) >= 11 is 0. The zero-order valence-electron chi connectivity index (χ0n) is 35.5. The topological polar surface area (TPSA) is 12.5 Å². The lowest BCUT2D eigenvalue weighted by molar-refractivity contribution is 0.436. The van der Waals surface area contributed by atoms with Crippen LogP contribution in [-0.4, -0.2) is 0 Å². The normalized spacial score (nSPS) is 12.9. The molecule has 0 aromatic heterocycles. The summed E-state index contributed by atoms with van der Waals surface area (Å²) < 4.78 is 6.72. The predicted molar refractivity (Wildman–Crippen MR) is 270 cm³/mol. The molecule has 0 N–H and O–H groups in total. The smallest absolute Gasteiger partial charge is 0.132 e. The molecule has 0 bridgehead atoms. The number of para-hydroxylation sites is 3. The largest absolute Gasteiger partial charge is 0.457 e. The summed E-state index contributed by atoms with van der Waals surface area (Å²) in [6, 6.07) is 90.8. The minimum absolute atomic E-state index is 0.603. The summed E-state index contributed by atoms with van der Waals surface area (Å²) in [6.45, 7) is 0. The molecule has 0 saturated carbocycles. The van der Waals surface area contributed by atoms with Gasteiger partial charge in [0, 0.05) is 28.1 Å². The van der Waals surface area contributed by atoms with Crippen LogP contribution in [-0.2, 0) is 5.41 Å². The lowest BCUT2D eigenvalue weighted by atomic mass is 9.66. The van der Waals surface area contributed by atoms with Crippen molar-refractivity contribution in [1.82, 2.24) is 0 Å². The first kappa shape index (κ1) is 37.1. The van der Waals surface area contributed by atoms with Crippen molar-refractivity contribution in [2.45, 2.75) is 5.41 Å². The zero-order chi connectivity index (χ0) is 42.9. The Labute approximate surface area is 378 Å². The van der Waals surface area contributed by atoms with Crippen molar-refractivity contribution in [2.75, 3.05) is 4.90 Å². The van der Waals surface area contributed by atoms with Crippen molar-refractivity contribution in [3.63, 3.8) is 0 Å². The van der Waals surface area contributed by atoms with Gasteiger partial charge in [-0.2, -0.15) is 0 Å². The highest BCUT2D eigenvalue weighted by Crippen LogP contribution is 2.63. The van der Waals surface area contributed by atoms with Crippen LogP contribution in [0.1, 0.15) is 22.3 Å². The number of rotatable bonds is 6. The fourth-order valence-corrected chi connectivity index (χ4v) is 11.0. The van der Waals surface area contributed by atoms with E-state index in [9.17, 15) is 0 Å². The van der Waals surface area contributed by atoms with E-state index < -0.39 is 5.41 Å². The van der Waals surface area contributed by atoms with Gasteiger partial charge in [0.25, 0.3) is 0 Å². The molecule has 2 nitrogen and oxygen atoms in total. The minimum Gasteiger partial charge on any atom is -0.457 e. The molecule has 0 atom stereocenters. The third kappa shape index (κ3) is 5.67. The molecular formula is C63H41NO. The lowest BCUT2D eigenvalue weighted by Gasteiger charge is -2.39. The third-order valence-electron chi connectivity index (χ3n) is 13.7. The summed E-state index contributed by atoms with van der Waals surface area (Å²) in [6.07, 6.45) is 0. The van der Waals surface area contributed by atoms with E-state index in [1.807, 2.05) is 0 Å². The number of hydrogen-bond donors (Lipinski definition) is 0. The van der Waals surface area contributed by atoms with Crippen molar-refractivity contribution < 1.29 is 4.74 Å². The molecule has 0 radical (unpaired) electrons. The molecule has 0 unspecified atom stereocenters.